The number of hydrogen-bond donors (Lipinski definition) is 0. The fourth-order valence-electron chi connectivity index (χ4n) is 2.99. The van der Waals surface area contributed by atoms with E-state index in [1.54, 1.807) is 41.8 Å². The minimum Gasteiger partial charge on any atom is -0.358 e. The van der Waals surface area contributed by atoms with Gasteiger partial charge in [-0.2, -0.15) is 5.26 Å². The van der Waals surface area contributed by atoms with Crippen LogP contribution < -0.4 is 4.90 Å². The Morgan fingerprint density at radius 1 is 1.10 bits per heavy atom. The Labute approximate surface area is 170 Å². The number of rotatable bonds is 7. The van der Waals surface area contributed by atoms with Gasteiger partial charge in [0.25, 0.3) is 5.91 Å². The molecule has 0 N–H and O–H groups in total. The van der Waals surface area contributed by atoms with Crippen molar-refractivity contribution in [3.63, 3.8) is 0 Å². The molecule has 2 aromatic heterocycles. The Bertz CT molecular complexity index is 1020. The van der Waals surface area contributed by atoms with Gasteiger partial charge in [0.2, 0.25) is 0 Å². The third-order valence-electron chi connectivity index (χ3n) is 4.64. The molecule has 29 heavy (non-hydrogen) atoms. The third-order valence-corrected chi connectivity index (χ3v) is 4.64. The molecule has 2 heterocycles. The average molecular weight is 386 g/mol. The van der Waals surface area contributed by atoms with E-state index in [0.717, 1.165) is 5.56 Å². The van der Waals surface area contributed by atoms with E-state index in [-0.39, 0.29) is 5.91 Å². The molecule has 3 rings (SSSR count). The molecule has 0 spiro atoms. The minimum absolute atomic E-state index is 0.0547. The highest BCUT2D eigenvalue weighted by Gasteiger charge is 2.19. The SMILES string of the molecule is CCN(CCN(C)c1cc(C#N)ccn1)C(=O)c1ccccc1-c1cnccn1. The first-order valence-corrected chi connectivity index (χ1v) is 9.36. The molecule has 0 fully saturated rings. The lowest BCUT2D eigenvalue weighted by Gasteiger charge is -2.26. The number of carbonyl (C=O) groups is 1. The third kappa shape index (κ3) is 4.74. The molecule has 0 aliphatic heterocycles. The molecular weight excluding hydrogens is 364 g/mol. The first-order chi connectivity index (χ1) is 14.1. The van der Waals surface area contributed by atoms with Gasteiger partial charge in [0, 0.05) is 56.4 Å². The number of nitrogens with zero attached hydrogens (tertiary/aromatic N) is 6. The van der Waals surface area contributed by atoms with Gasteiger partial charge in [-0.1, -0.05) is 18.2 Å². The number of benzene rings is 1. The van der Waals surface area contributed by atoms with Crippen molar-refractivity contribution in [2.75, 3.05) is 31.6 Å². The fourth-order valence-corrected chi connectivity index (χ4v) is 2.99. The molecule has 0 radical (unpaired) electrons. The number of hydrogen-bond acceptors (Lipinski definition) is 6. The van der Waals surface area contributed by atoms with E-state index in [1.807, 2.05) is 43.1 Å². The molecule has 3 aromatic rings. The molecule has 0 saturated carbocycles. The predicted molar refractivity (Wildman–Crippen MR) is 111 cm³/mol. The second-order valence-electron chi connectivity index (χ2n) is 6.46. The van der Waals surface area contributed by atoms with E-state index < -0.39 is 0 Å². The number of amides is 1. The summed E-state index contributed by atoms with van der Waals surface area (Å²) in [6.45, 7) is 3.65. The van der Waals surface area contributed by atoms with Crippen molar-refractivity contribution in [2.45, 2.75) is 6.92 Å². The summed E-state index contributed by atoms with van der Waals surface area (Å²) < 4.78 is 0. The molecule has 0 atom stereocenters. The van der Waals surface area contributed by atoms with Crippen LogP contribution in [-0.2, 0) is 0 Å². The average Bonchev–Trinajstić information content (AvgIpc) is 2.79. The number of nitriles is 1. The summed E-state index contributed by atoms with van der Waals surface area (Å²) in [5, 5.41) is 9.06. The van der Waals surface area contributed by atoms with Gasteiger partial charge in [0.15, 0.2) is 0 Å². The van der Waals surface area contributed by atoms with Crippen molar-refractivity contribution in [1.82, 2.24) is 19.9 Å². The van der Waals surface area contributed by atoms with Gasteiger partial charge in [-0.05, 0) is 25.1 Å². The van der Waals surface area contributed by atoms with Gasteiger partial charge in [-0.15, -0.1) is 0 Å². The Morgan fingerprint density at radius 2 is 1.93 bits per heavy atom. The molecule has 0 unspecified atom stereocenters. The second kappa shape index (κ2) is 9.42. The molecule has 7 heteroatoms. The lowest BCUT2D eigenvalue weighted by atomic mass is 10.0. The first-order valence-electron chi connectivity index (χ1n) is 9.36. The maximum Gasteiger partial charge on any atom is 0.254 e. The highest BCUT2D eigenvalue weighted by atomic mass is 16.2. The number of carbonyl (C=O) groups excluding carboxylic acids is 1. The van der Waals surface area contributed by atoms with Crippen molar-refractivity contribution >= 4 is 11.7 Å². The minimum atomic E-state index is -0.0547. The van der Waals surface area contributed by atoms with E-state index in [9.17, 15) is 4.79 Å². The Morgan fingerprint density at radius 3 is 2.66 bits per heavy atom. The van der Waals surface area contributed by atoms with Gasteiger partial charge >= 0.3 is 0 Å². The predicted octanol–water partition coefficient (Wildman–Crippen LogP) is 3.01. The monoisotopic (exact) mass is 386 g/mol. The summed E-state index contributed by atoms with van der Waals surface area (Å²) >= 11 is 0. The molecule has 146 valence electrons. The van der Waals surface area contributed by atoms with Gasteiger partial charge in [-0.25, -0.2) is 4.98 Å². The van der Waals surface area contributed by atoms with Crippen LogP contribution in [0.4, 0.5) is 5.82 Å². The van der Waals surface area contributed by atoms with Crippen molar-refractivity contribution < 1.29 is 4.79 Å². The van der Waals surface area contributed by atoms with Crippen LogP contribution in [0.15, 0.2) is 61.2 Å². The summed E-state index contributed by atoms with van der Waals surface area (Å²) in [5.41, 5.74) is 2.59. The Hall–Kier alpha value is -3.79. The Balaban J connectivity index is 1.76. The van der Waals surface area contributed by atoms with E-state index in [0.29, 0.717) is 42.3 Å². The van der Waals surface area contributed by atoms with Crippen LogP contribution in [-0.4, -0.2) is 52.4 Å². The summed E-state index contributed by atoms with van der Waals surface area (Å²) in [5.74, 6) is 0.647. The van der Waals surface area contributed by atoms with Gasteiger partial charge in [-0.3, -0.25) is 14.8 Å². The normalized spacial score (nSPS) is 10.2. The standard InChI is InChI=1S/C22H22N6O/c1-3-28(13-12-27(2)21-14-17(15-23)8-9-26-21)22(29)19-7-5-4-6-18(19)20-16-24-10-11-25-20/h4-11,14,16H,3,12-13H2,1-2H3. The maximum atomic E-state index is 13.2. The molecule has 7 nitrogen and oxygen atoms in total. The molecule has 0 aliphatic rings. The lowest BCUT2D eigenvalue weighted by Crippen LogP contribution is -2.38. The van der Waals surface area contributed by atoms with Crippen molar-refractivity contribution in [2.24, 2.45) is 0 Å². The lowest BCUT2D eigenvalue weighted by molar-refractivity contribution is 0.0769. The van der Waals surface area contributed by atoms with Gasteiger partial charge in [0.1, 0.15) is 5.82 Å². The number of anilines is 1. The van der Waals surface area contributed by atoms with Crippen LogP contribution in [0.3, 0.4) is 0 Å². The van der Waals surface area contributed by atoms with Crippen molar-refractivity contribution in [3.05, 3.63) is 72.3 Å². The highest BCUT2D eigenvalue weighted by molar-refractivity contribution is 6.00. The number of pyridine rings is 1. The molecule has 1 aromatic carbocycles. The summed E-state index contributed by atoms with van der Waals surface area (Å²) in [4.78, 5) is 29.7. The van der Waals surface area contributed by atoms with Crippen LogP contribution in [0.5, 0.6) is 0 Å². The summed E-state index contributed by atoms with van der Waals surface area (Å²) in [7, 11) is 1.90. The molecule has 0 saturated heterocycles. The highest BCUT2D eigenvalue weighted by Crippen LogP contribution is 2.22. The summed E-state index contributed by atoms with van der Waals surface area (Å²) in [6, 6.07) is 13.0. The van der Waals surface area contributed by atoms with Crippen LogP contribution in [0.2, 0.25) is 0 Å². The smallest absolute Gasteiger partial charge is 0.254 e. The zero-order chi connectivity index (χ0) is 20.6. The van der Waals surface area contributed by atoms with E-state index in [2.05, 4.69) is 21.0 Å². The maximum absolute atomic E-state index is 13.2. The Kier molecular flexibility index (Phi) is 6.48. The van der Waals surface area contributed by atoms with E-state index >= 15 is 0 Å². The van der Waals surface area contributed by atoms with Gasteiger partial charge < -0.3 is 9.80 Å². The van der Waals surface area contributed by atoms with Crippen LogP contribution >= 0.6 is 0 Å². The number of aromatic nitrogens is 3. The van der Waals surface area contributed by atoms with E-state index in [1.165, 1.54) is 0 Å². The molecule has 0 aliphatic carbocycles. The van der Waals surface area contributed by atoms with E-state index in [4.69, 9.17) is 5.26 Å². The van der Waals surface area contributed by atoms with Gasteiger partial charge in [0.05, 0.1) is 23.5 Å². The number of likely N-dealkylation sites (N-methyl/N-ethyl adjacent to an activating group) is 2. The zero-order valence-corrected chi connectivity index (χ0v) is 16.5. The van der Waals surface area contributed by atoms with Crippen LogP contribution in [0.1, 0.15) is 22.8 Å². The van der Waals surface area contributed by atoms with Crippen LogP contribution in [0.25, 0.3) is 11.3 Å². The largest absolute Gasteiger partial charge is 0.358 e. The fraction of sp³-hybridized carbons (Fsp3) is 0.227. The summed E-state index contributed by atoms with van der Waals surface area (Å²) in [6.07, 6.45) is 6.50. The first kappa shape index (κ1) is 20.0. The van der Waals surface area contributed by atoms with Crippen molar-refractivity contribution in [1.29, 1.82) is 5.26 Å². The molecule has 1 amide bonds. The zero-order valence-electron chi connectivity index (χ0n) is 16.5. The quantitative estimate of drug-likeness (QED) is 0.620. The topological polar surface area (TPSA) is 86.0 Å². The van der Waals surface area contributed by atoms with Crippen molar-refractivity contribution in [3.8, 4) is 17.3 Å². The molecular formula is C22H22N6O. The second-order valence-corrected chi connectivity index (χ2v) is 6.46. The van der Waals surface area contributed by atoms with Crippen LogP contribution in [0, 0.1) is 11.3 Å². The molecule has 0 bridgehead atoms.